The van der Waals surface area contributed by atoms with E-state index in [-0.39, 0.29) is 6.42 Å². The Labute approximate surface area is 99.7 Å². The summed E-state index contributed by atoms with van der Waals surface area (Å²) in [6.07, 6.45) is -0.212. The molecule has 0 heterocycles. The van der Waals surface area contributed by atoms with Crippen molar-refractivity contribution in [2.45, 2.75) is 18.8 Å². The topological polar surface area (TPSA) is 84.9 Å². The first kappa shape index (κ1) is 12.7. The number of carboxylic acids is 1. The van der Waals surface area contributed by atoms with Crippen LogP contribution in [0.5, 0.6) is 0 Å². The molecule has 0 aliphatic carbocycles. The molecule has 0 saturated carbocycles. The lowest BCUT2D eigenvalue weighted by Crippen LogP contribution is -2.32. The van der Waals surface area contributed by atoms with Crippen molar-refractivity contribution in [1.82, 2.24) is 0 Å². The lowest BCUT2D eigenvalue weighted by molar-refractivity contribution is -0.138. The van der Waals surface area contributed by atoms with Crippen molar-refractivity contribution < 1.29 is 9.90 Å². The maximum absolute atomic E-state index is 10.7. The van der Waals surface area contributed by atoms with Crippen LogP contribution in [0.15, 0.2) is 30.3 Å². The van der Waals surface area contributed by atoms with Gasteiger partial charge < -0.3 is 5.11 Å². The standard InChI is InChI=1S/C13H12N2O2/c1-10(7-12(16)17)13(8-14,9-15)11-5-3-2-4-6-11/h2-6,10H,7H2,1H3,(H,16,17). The average molecular weight is 228 g/mol. The third-order valence-corrected chi connectivity index (χ3v) is 2.80. The fourth-order valence-electron chi connectivity index (χ4n) is 1.78. The smallest absolute Gasteiger partial charge is 0.303 e. The predicted octanol–water partition coefficient (Wildman–Crippen LogP) is 2.08. The molecule has 1 unspecified atom stereocenters. The van der Waals surface area contributed by atoms with Crippen LogP contribution in [0.4, 0.5) is 0 Å². The van der Waals surface area contributed by atoms with E-state index in [2.05, 4.69) is 0 Å². The van der Waals surface area contributed by atoms with Gasteiger partial charge in [-0.05, 0) is 5.56 Å². The van der Waals surface area contributed by atoms with Crippen molar-refractivity contribution in [1.29, 1.82) is 10.5 Å². The second-order valence-corrected chi connectivity index (χ2v) is 3.90. The highest BCUT2D eigenvalue weighted by Gasteiger charge is 2.39. The molecule has 0 bridgehead atoms. The Balaban J connectivity index is 3.21. The quantitative estimate of drug-likeness (QED) is 0.854. The summed E-state index contributed by atoms with van der Waals surface area (Å²) in [5.74, 6) is -1.58. The molecule has 1 aromatic rings. The van der Waals surface area contributed by atoms with Crippen LogP contribution in [0.1, 0.15) is 18.9 Å². The molecule has 17 heavy (non-hydrogen) atoms. The largest absolute Gasteiger partial charge is 0.481 e. The Kier molecular flexibility index (Phi) is 3.85. The molecule has 0 aliphatic heterocycles. The molecule has 86 valence electrons. The van der Waals surface area contributed by atoms with Gasteiger partial charge in [-0.3, -0.25) is 4.79 Å². The first-order chi connectivity index (χ1) is 8.06. The van der Waals surface area contributed by atoms with Gasteiger partial charge in [0, 0.05) is 5.92 Å². The van der Waals surface area contributed by atoms with E-state index in [0.717, 1.165) is 0 Å². The van der Waals surface area contributed by atoms with E-state index in [1.165, 1.54) is 0 Å². The number of aliphatic carboxylic acids is 1. The highest BCUT2D eigenvalue weighted by molar-refractivity contribution is 5.67. The highest BCUT2D eigenvalue weighted by Crippen LogP contribution is 2.33. The minimum atomic E-state index is -1.40. The Bertz CT molecular complexity index is 468. The van der Waals surface area contributed by atoms with E-state index < -0.39 is 17.3 Å². The van der Waals surface area contributed by atoms with Crippen molar-refractivity contribution in [3.63, 3.8) is 0 Å². The Morgan fingerprint density at radius 1 is 1.35 bits per heavy atom. The van der Waals surface area contributed by atoms with Crippen molar-refractivity contribution in [3.05, 3.63) is 35.9 Å². The Morgan fingerprint density at radius 3 is 2.29 bits per heavy atom. The van der Waals surface area contributed by atoms with Crippen LogP contribution in [0, 0.1) is 28.6 Å². The summed E-state index contributed by atoms with van der Waals surface area (Å²) in [5.41, 5.74) is -0.863. The molecule has 0 radical (unpaired) electrons. The molecule has 0 spiro atoms. The van der Waals surface area contributed by atoms with Crippen LogP contribution >= 0.6 is 0 Å². The molecule has 1 rings (SSSR count). The van der Waals surface area contributed by atoms with Crippen molar-refractivity contribution >= 4 is 5.97 Å². The molecule has 0 aliphatic rings. The normalized spacial score (nSPS) is 12.2. The molecular formula is C13H12N2O2. The van der Waals surface area contributed by atoms with Gasteiger partial charge >= 0.3 is 5.97 Å². The van der Waals surface area contributed by atoms with Crippen LogP contribution in [0.2, 0.25) is 0 Å². The first-order valence-electron chi connectivity index (χ1n) is 5.16. The van der Waals surface area contributed by atoms with Gasteiger partial charge in [-0.2, -0.15) is 10.5 Å². The fraction of sp³-hybridized carbons (Fsp3) is 0.308. The van der Waals surface area contributed by atoms with Gasteiger partial charge in [-0.15, -0.1) is 0 Å². The number of hydrogen-bond acceptors (Lipinski definition) is 3. The second-order valence-electron chi connectivity index (χ2n) is 3.90. The number of nitrogens with zero attached hydrogens (tertiary/aromatic N) is 2. The molecule has 4 heteroatoms. The van der Waals surface area contributed by atoms with Gasteiger partial charge in [0.1, 0.15) is 0 Å². The van der Waals surface area contributed by atoms with Crippen LogP contribution in [-0.2, 0) is 10.2 Å². The minimum Gasteiger partial charge on any atom is -0.481 e. The molecule has 0 aromatic heterocycles. The van der Waals surface area contributed by atoms with Gasteiger partial charge in [0.05, 0.1) is 18.6 Å². The van der Waals surface area contributed by atoms with Gasteiger partial charge in [0.25, 0.3) is 0 Å². The van der Waals surface area contributed by atoms with Crippen molar-refractivity contribution in [3.8, 4) is 12.1 Å². The SMILES string of the molecule is CC(CC(=O)O)C(C#N)(C#N)c1ccccc1. The van der Waals surface area contributed by atoms with Crippen LogP contribution in [0.3, 0.4) is 0 Å². The van der Waals surface area contributed by atoms with Crippen LogP contribution < -0.4 is 0 Å². The Hall–Kier alpha value is -2.33. The van der Waals surface area contributed by atoms with Crippen LogP contribution in [-0.4, -0.2) is 11.1 Å². The lowest BCUT2D eigenvalue weighted by atomic mass is 9.72. The van der Waals surface area contributed by atoms with E-state index in [0.29, 0.717) is 5.56 Å². The van der Waals surface area contributed by atoms with E-state index in [4.69, 9.17) is 5.11 Å². The lowest BCUT2D eigenvalue weighted by Gasteiger charge is -2.25. The molecule has 0 amide bonds. The molecule has 1 aromatic carbocycles. The minimum absolute atomic E-state index is 0.212. The number of carboxylic acid groups (broad SMARTS) is 1. The number of rotatable bonds is 4. The molecule has 1 atom stereocenters. The summed E-state index contributed by atoms with van der Waals surface area (Å²) in [7, 11) is 0. The third kappa shape index (κ3) is 2.43. The maximum atomic E-state index is 10.7. The summed E-state index contributed by atoms with van der Waals surface area (Å²) >= 11 is 0. The molecular weight excluding hydrogens is 216 g/mol. The molecule has 0 fully saturated rings. The molecule has 1 N–H and O–H groups in total. The maximum Gasteiger partial charge on any atom is 0.303 e. The molecule has 0 saturated heterocycles. The van der Waals surface area contributed by atoms with E-state index in [1.54, 1.807) is 37.3 Å². The summed E-state index contributed by atoms with van der Waals surface area (Å²) in [6.45, 7) is 1.60. The summed E-state index contributed by atoms with van der Waals surface area (Å²) in [5, 5.41) is 27.3. The van der Waals surface area contributed by atoms with E-state index >= 15 is 0 Å². The van der Waals surface area contributed by atoms with Gasteiger partial charge in [-0.25, -0.2) is 0 Å². The number of benzene rings is 1. The highest BCUT2D eigenvalue weighted by atomic mass is 16.4. The molecule has 4 nitrogen and oxygen atoms in total. The average Bonchev–Trinajstić information content (AvgIpc) is 2.32. The number of hydrogen-bond donors (Lipinski definition) is 1. The second kappa shape index (κ2) is 5.14. The van der Waals surface area contributed by atoms with Crippen molar-refractivity contribution in [2.75, 3.05) is 0 Å². The summed E-state index contributed by atoms with van der Waals surface area (Å²) in [4.78, 5) is 10.7. The predicted molar refractivity (Wildman–Crippen MR) is 60.8 cm³/mol. The zero-order valence-corrected chi connectivity index (χ0v) is 9.42. The zero-order valence-electron chi connectivity index (χ0n) is 9.42. The number of carbonyl (C=O) groups is 1. The van der Waals surface area contributed by atoms with Gasteiger partial charge in [0.15, 0.2) is 5.41 Å². The third-order valence-electron chi connectivity index (χ3n) is 2.80. The summed E-state index contributed by atoms with van der Waals surface area (Å²) < 4.78 is 0. The van der Waals surface area contributed by atoms with E-state index in [9.17, 15) is 15.3 Å². The monoisotopic (exact) mass is 228 g/mol. The number of nitriles is 2. The van der Waals surface area contributed by atoms with Gasteiger partial charge in [-0.1, -0.05) is 37.3 Å². The fourth-order valence-corrected chi connectivity index (χ4v) is 1.78. The van der Waals surface area contributed by atoms with E-state index in [1.807, 2.05) is 12.1 Å². The Morgan fingerprint density at radius 2 is 1.88 bits per heavy atom. The zero-order chi connectivity index (χ0) is 12.9. The van der Waals surface area contributed by atoms with Gasteiger partial charge in [0.2, 0.25) is 0 Å². The first-order valence-corrected chi connectivity index (χ1v) is 5.16. The summed E-state index contributed by atoms with van der Waals surface area (Å²) in [6, 6.07) is 12.5. The van der Waals surface area contributed by atoms with Crippen molar-refractivity contribution in [2.24, 2.45) is 5.92 Å². The van der Waals surface area contributed by atoms with Crippen LogP contribution in [0.25, 0.3) is 0 Å².